The molecule has 1 aliphatic rings. The fourth-order valence-electron chi connectivity index (χ4n) is 2.80. The molecule has 5 nitrogen and oxygen atoms in total. The predicted octanol–water partition coefficient (Wildman–Crippen LogP) is 3.88. The molecular formula is C18H19BrN2O3S. The molecule has 0 unspecified atom stereocenters. The molecule has 1 heterocycles. The largest absolute Gasteiger partial charge is 0.322 e. The molecule has 1 saturated heterocycles. The standard InChI is InChI=1S/C18H19BrN2O3S/c19-15-5-4-6-16(13-15)20-18(22)14-7-9-17(10-8-14)25(23,24)21-11-2-1-3-12-21/h4-10,13H,1-3,11-12H2,(H,20,22). The molecule has 0 radical (unpaired) electrons. The summed E-state index contributed by atoms with van der Waals surface area (Å²) in [4.78, 5) is 12.5. The maximum absolute atomic E-state index is 12.6. The Kier molecular flexibility index (Phi) is 5.56. The molecule has 1 amide bonds. The Balaban J connectivity index is 1.74. The molecule has 25 heavy (non-hydrogen) atoms. The average Bonchev–Trinajstić information content (AvgIpc) is 2.62. The van der Waals surface area contributed by atoms with Crippen molar-refractivity contribution in [1.82, 2.24) is 4.31 Å². The summed E-state index contributed by atoms with van der Waals surface area (Å²) >= 11 is 3.35. The fraction of sp³-hybridized carbons (Fsp3) is 0.278. The summed E-state index contributed by atoms with van der Waals surface area (Å²) in [5.74, 6) is -0.278. The number of halogens is 1. The smallest absolute Gasteiger partial charge is 0.255 e. The highest BCUT2D eigenvalue weighted by Crippen LogP contribution is 2.21. The highest BCUT2D eigenvalue weighted by Gasteiger charge is 2.25. The number of benzene rings is 2. The van der Waals surface area contributed by atoms with Crippen molar-refractivity contribution in [1.29, 1.82) is 0 Å². The first-order valence-electron chi connectivity index (χ1n) is 8.14. The highest BCUT2D eigenvalue weighted by atomic mass is 79.9. The van der Waals surface area contributed by atoms with Gasteiger partial charge in [0.25, 0.3) is 5.91 Å². The van der Waals surface area contributed by atoms with E-state index in [0.717, 1.165) is 23.7 Å². The van der Waals surface area contributed by atoms with E-state index in [1.165, 1.54) is 16.4 Å². The fourth-order valence-corrected chi connectivity index (χ4v) is 4.72. The highest BCUT2D eigenvalue weighted by molar-refractivity contribution is 9.10. The Bertz CT molecular complexity index is 860. The molecule has 132 valence electrons. The van der Waals surface area contributed by atoms with Crippen molar-refractivity contribution in [3.05, 3.63) is 58.6 Å². The van der Waals surface area contributed by atoms with Gasteiger partial charge in [-0.2, -0.15) is 4.31 Å². The summed E-state index contributed by atoms with van der Waals surface area (Å²) in [5, 5.41) is 2.79. The second-order valence-electron chi connectivity index (χ2n) is 5.95. The van der Waals surface area contributed by atoms with Gasteiger partial charge in [0.2, 0.25) is 10.0 Å². The van der Waals surface area contributed by atoms with E-state index in [9.17, 15) is 13.2 Å². The van der Waals surface area contributed by atoms with Crippen LogP contribution in [0, 0.1) is 0 Å². The van der Waals surface area contributed by atoms with Crippen LogP contribution in [0.1, 0.15) is 29.6 Å². The van der Waals surface area contributed by atoms with Crippen LogP contribution in [0.3, 0.4) is 0 Å². The van der Waals surface area contributed by atoms with Crippen molar-refractivity contribution < 1.29 is 13.2 Å². The van der Waals surface area contributed by atoms with E-state index in [1.807, 2.05) is 12.1 Å². The summed E-state index contributed by atoms with van der Waals surface area (Å²) in [7, 11) is -3.47. The van der Waals surface area contributed by atoms with Gasteiger partial charge >= 0.3 is 0 Å². The molecule has 0 aromatic heterocycles. The second-order valence-corrected chi connectivity index (χ2v) is 8.81. The van der Waals surface area contributed by atoms with Gasteiger partial charge in [0.05, 0.1) is 4.90 Å². The van der Waals surface area contributed by atoms with Crippen LogP contribution in [-0.2, 0) is 10.0 Å². The SMILES string of the molecule is O=C(Nc1cccc(Br)c1)c1ccc(S(=O)(=O)N2CCCCC2)cc1. The number of piperidine rings is 1. The molecule has 0 bridgehead atoms. The number of hydrogen-bond donors (Lipinski definition) is 1. The lowest BCUT2D eigenvalue weighted by Gasteiger charge is -2.25. The van der Waals surface area contributed by atoms with Crippen molar-refractivity contribution in [2.45, 2.75) is 24.2 Å². The van der Waals surface area contributed by atoms with Gasteiger partial charge in [-0.3, -0.25) is 4.79 Å². The quantitative estimate of drug-likeness (QED) is 0.812. The number of amides is 1. The normalized spacial score (nSPS) is 15.7. The third-order valence-corrected chi connectivity index (χ3v) is 6.56. The molecule has 3 rings (SSSR count). The van der Waals surface area contributed by atoms with E-state index < -0.39 is 10.0 Å². The van der Waals surface area contributed by atoms with Crippen LogP contribution in [0.4, 0.5) is 5.69 Å². The lowest BCUT2D eigenvalue weighted by atomic mass is 10.2. The van der Waals surface area contributed by atoms with Gasteiger partial charge in [0, 0.05) is 28.8 Å². The maximum Gasteiger partial charge on any atom is 0.255 e. The number of carbonyl (C=O) groups is 1. The lowest BCUT2D eigenvalue weighted by Crippen LogP contribution is -2.35. The van der Waals surface area contributed by atoms with Gasteiger partial charge in [0.15, 0.2) is 0 Å². The molecule has 1 aliphatic heterocycles. The van der Waals surface area contributed by atoms with Crippen LogP contribution in [-0.4, -0.2) is 31.7 Å². The predicted molar refractivity (Wildman–Crippen MR) is 101 cm³/mol. The van der Waals surface area contributed by atoms with E-state index in [0.29, 0.717) is 24.3 Å². The molecule has 0 saturated carbocycles. The number of anilines is 1. The van der Waals surface area contributed by atoms with Crippen molar-refractivity contribution in [2.24, 2.45) is 0 Å². The lowest BCUT2D eigenvalue weighted by molar-refractivity contribution is 0.102. The third kappa shape index (κ3) is 4.29. The van der Waals surface area contributed by atoms with Crippen LogP contribution in [0.2, 0.25) is 0 Å². The molecule has 2 aromatic carbocycles. The van der Waals surface area contributed by atoms with Crippen molar-refractivity contribution >= 4 is 37.5 Å². The number of rotatable bonds is 4. The van der Waals surface area contributed by atoms with E-state index >= 15 is 0 Å². The number of carbonyl (C=O) groups excluding carboxylic acids is 1. The zero-order valence-electron chi connectivity index (χ0n) is 13.6. The summed E-state index contributed by atoms with van der Waals surface area (Å²) in [6.07, 6.45) is 2.86. The molecule has 7 heteroatoms. The molecule has 0 aliphatic carbocycles. The topological polar surface area (TPSA) is 66.5 Å². The zero-order valence-corrected chi connectivity index (χ0v) is 16.0. The van der Waals surface area contributed by atoms with E-state index in [2.05, 4.69) is 21.2 Å². The summed E-state index contributed by atoms with van der Waals surface area (Å²) in [6, 6.07) is 13.4. The van der Waals surface area contributed by atoms with E-state index in [-0.39, 0.29) is 10.8 Å². The van der Waals surface area contributed by atoms with E-state index in [4.69, 9.17) is 0 Å². The first kappa shape index (κ1) is 18.1. The van der Waals surface area contributed by atoms with Crippen LogP contribution < -0.4 is 5.32 Å². The molecule has 2 aromatic rings. The monoisotopic (exact) mass is 422 g/mol. The minimum atomic E-state index is -3.47. The Labute approximate surface area is 156 Å². The Hall–Kier alpha value is -1.70. The summed E-state index contributed by atoms with van der Waals surface area (Å²) in [5.41, 5.74) is 1.09. The molecule has 1 fully saturated rings. The van der Waals surface area contributed by atoms with E-state index in [1.54, 1.807) is 24.3 Å². The number of nitrogens with zero attached hydrogens (tertiary/aromatic N) is 1. The minimum absolute atomic E-state index is 0.230. The number of sulfonamides is 1. The second kappa shape index (κ2) is 7.68. The zero-order chi connectivity index (χ0) is 17.9. The average molecular weight is 423 g/mol. The Morgan fingerprint density at radius 3 is 2.32 bits per heavy atom. The first-order chi connectivity index (χ1) is 12.0. The van der Waals surface area contributed by atoms with Crippen molar-refractivity contribution in [2.75, 3.05) is 18.4 Å². The van der Waals surface area contributed by atoms with Crippen LogP contribution in [0.25, 0.3) is 0 Å². The molecular weight excluding hydrogens is 404 g/mol. The summed E-state index contributed by atoms with van der Waals surface area (Å²) in [6.45, 7) is 1.13. The van der Waals surface area contributed by atoms with Crippen LogP contribution >= 0.6 is 15.9 Å². The van der Waals surface area contributed by atoms with Gasteiger partial charge in [-0.15, -0.1) is 0 Å². The van der Waals surface area contributed by atoms with Crippen molar-refractivity contribution in [3.63, 3.8) is 0 Å². The number of hydrogen-bond acceptors (Lipinski definition) is 3. The Morgan fingerprint density at radius 1 is 1.00 bits per heavy atom. The van der Waals surface area contributed by atoms with Crippen LogP contribution in [0.15, 0.2) is 57.9 Å². The number of nitrogens with one attached hydrogen (secondary N) is 1. The van der Waals surface area contributed by atoms with Crippen LogP contribution in [0.5, 0.6) is 0 Å². The maximum atomic E-state index is 12.6. The van der Waals surface area contributed by atoms with Gasteiger partial charge in [0.1, 0.15) is 0 Å². The van der Waals surface area contributed by atoms with Crippen molar-refractivity contribution in [3.8, 4) is 0 Å². The molecule has 0 spiro atoms. The minimum Gasteiger partial charge on any atom is -0.322 e. The summed E-state index contributed by atoms with van der Waals surface area (Å²) < 4.78 is 27.6. The van der Waals surface area contributed by atoms with Gasteiger partial charge < -0.3 is 5.32 Å². The molecule has 1 N–H and O–H groups in total. The third-order valence-electron chi connectivity index (χ3n) is 4.15. The van der Waals surface area contributed by atoms with Gasteiger partial charge in [-0.05, 0) is 55.3 Å². The Morgan fingerprint density at radius 2 is 1.68 bits per heavy atom. The first-order valence-corrected chi connectivity index (χ1v) is 10.4. The van der Waals surface area contributed by atoms with Gasteiger partial charge in [-0.1, -0.05) is 28.4 Å². The molecule has 0 atom stereocenters. The van der Waals surface area contributed by atoms with Gasteiger partial charge in [-0.25, -0.2) is 8.42 Å².